The van der Waals surface area contributed by atoms with Crippen LogP contribution in [0.4, 0.5) is 0 Å². The van der Waals surface area contributed by atoms with Crippen molar-refractivity contribution in [2.75, 3.05) is 26.7 Å². The second-order valence-electron chi connectivity index (χ2n) is 6.50. The van der Waals surface area contributed by atoms with E-state index in [0.717, 1.165) is 45.3 Å². The molecular formula is C16H28N2O3. The molecule has 1 aliphatic heterocycles. The minimum atomic E-state index is -0.707. The van der Waals surface area contributed by atoms with E-state index in [1.807, 2.05) is 11.9 Å². The fraction of sp³-hybridized carbons (Fsp3) is 0.875. The Balaban J connectivity index is 1.82. The first kappa shape index (κ1) is 16.3. The van der Waals surface area contributed by atoms with Crippen LogP contribution in [0.5, 0.6) is 0 Å². The van der Waals surface area contributed by atoms with Crippen molar-refractivity contribution in [1.29, 1.82) is 0 Å². The van der Waals surface area contributed by atoms with Gasteiger partial charge >= 0.3 is 5.97 Å². The van der Waals surface area contributed by atoms with E-state index in [1.54, 1.807) is 0 Å². The van der Waals surface area contributed by atoms with Crippen molar-refractivity contribution >= 4 is 11.9 Å². The number of carbonyl (C=O) groups is 2. The summed E-state index contributed by atoms with van der Waals surface area (Å²) in [5.41, 5.74) is 0. The first-order valence-corrected chi connectivity index (χ1v) is 8.24. The van der Waals surface area contributed by atoms with Crippen LogP contribution in [-0.4, -0.2) is 59.5 Å². The van der Waals surface area contributed by atoms with Crippen molar-refractivity contribution in [3.8, 4) is 0 Å². The van der Waals surface area contributed by atoms with E-state index in [9.17, 15) is 9.59 Å². The minimum absolute atomic E-state index is 0.0369. The molecule has 120 valence electrons. The number of rotatable bonds is 4. The molecule has 1 saturated heterocycles. The van der Waals surface area contributed by atoms with Gasteiger partial charge in [0, 0.05) is 32.1 Å². The number of hydrogen-bond donors (Lipinski definition) is 1. The third kappa shape index (κ3) is 3.96. The smallest absolute Gasteiger partial charge is 0.306 e. The van der Waals surface area contributed by atoms with Crippen molar-refractivity contribution in [3.63, 3.8) is 0 Å². The quantitative estimate of drug-likeness (QED) is 0.859. The molecule has 5 heteroatoms. The normalized spacial score (nSPS) is 28.3. The largest absolute Gasteiger partial charge is 0.481 e. The SMILES string of the molecule is CCN1CCC(N(C)C(=O)C2CCC(C(=O)O)CC2)CC1. The second kappa shape index (κ2) is 7.25. The average molecular weight is 296 g/mol. The molecule has 0 bridgehead atoms. The highest BCUT2D eigenvalue weighted by Gasteiger charge is 2.33. The molecule has 1 N–H and O–H groups in total. The Morgan fingerprint density at radius 2 is 1.57 bits per heavy atom. The molecule has 1 aliphatic carbocycles. The van der Waals surface area contributed by atoms with Gasteiger partial charge in [-0.15, -0.1) is 0 Å². The summed E-state index contributed by atoms with van der Waals surface area (Å²) in [6.07, 6.45) is 4.87. The van der Waals surface area contributed by atoms with E-state index >= 15 is 0 Å². The standard InChI is InChI=1S/C16H28N2O3/c1-3-18-10-8-14(9-11-18)17(2)15(19)12-4-6-13(7-5-12)16(20)21/h12-14H,3-11H2,1-2H3,(H,20,21). The second-order valence-corrected chi connectivity index (χ2v) is 6.50. The van der Waals surface area contributed by atoms with Gasteiger partial charge < -0.3 is 14.9 Å². The van der Waals surface area contributed by atoms with Gasteiger partial charge in [0.2, 0.25) is 5.91 Å². The van der Waals surface area contributed by atoms with Crippen molar-refractivity contribution < 1.29 is 14.7 Å². The molecule has 5 nitrogen and oxygen atoms in total. The summed E-state index contributed by atoms with van der Waals surface area (Å²) < 4.78 is 0. The van der Waals surface area contributed by atoms with Crippen LogP contribution >= 0.6 is 0 Å². The van der Waals surface area contributed by atoms with E-state index < -0.39 is 5.97 Å². The lowest BCUT2D eigenvalue weighted by Crippen LogP contribution is -2.47. The van der Waals surface area contributed by atoms with Crippen LogP contribution in [0.15, 0.2) is 0 Å². The van der Waals surface area contributed by atoms with Crippen LogP contribution < -0.4 is 0 Å². The van der Waals surface area contributed by atoms with E-state index in [1.165, 1.54) is 0 Å². The van der Waals surface area contributed by atoms with Gasteiger partial charge in [0.1, 0.15) is 0 Å². The van der Waals surface area contributed by atoms with Crippen LogP contribution in [0.2, 0.25) is 0 Å². The maximum Gasteiger partial charge on any atom is 0.306 e. The fourth-order valence-electron chi connectivity index (χ4n) is 3.68. The van der Waals surface area contributed by atoms with Crippen molar-refractivity contribution in [2.24, 2.45) is 11.8 Å². The number of piperidine rings is 1. The summed E-state index contributed by atoms with van der Waals surface area (Å²) in [5, 5.41) is 9.02. The van der Waals surface area contributed by atoms with Crippen molar-refractivity contribution in [1.82, 2.24) is 9.80 Å². The maximum absolute atomic E-state index is 12.6. The van der Waals surface area contributed by atoms with E-state index in [2.05, 4.69) is 11.8 Å². The highest BCUT2D eigenvalue weighted by molar-refractivity contribution is 5.79. The third-order valence-electron chi connectivity index (χ3n) is 5.33. The number of amides is 1. The molecule has 1 amide bonds. The fourth-order valence-corrected chi connectivity index (χ4v) is 3.68. The van der Waals surface area contributed by atoms with Gasteiger partial charge in [-0.05, 0) is 45.1 Å². The Bertz CT molecular complexity index is 370. The van der Waals surface area contributed by atoms with Crippen LogP contribution in [0.3, 0.4) is 0 Å². The molecular weight excluding hydrogens is 268 g/mol. The number of carboxylic acid groups (broad SMARTS) is 1. The predicted octanol–water partition coefficient (Wildman–Crippen LogP) is 1.82. The van der Waals surface area contributed by atoms with Gasteiger partial charge in [0.05, 0.1) is 5.92 Å². The number of carbonyl (C=O) groups excluding carboxylic acids is 1. The zero-order valence-electron chi connectivity index (χ0n) is 13.3. The number of aliphatic carboxylic acids is 1. The van der Waals surface area contributed by atoms with Crippen LogP contribution in [-0.2, 0) is 9.59 Å². The number of nitrogens with zero attached hydrogens (tertiary/aromatic N) is 2. The molecule has 0 unspecified atom stereocenters. The monoisotopic (exact) mass is 296 g/mol. The van der Waals surface area contributed by atoms with Gasteiger partial charge in [-0.1, -0.05) is 6.92 Å². The summed E-state index contributed by atoms with van der Waals surface area (Å²) in [4.78, 5) is 27.9. The first-order chi connectivity index (χ1) is 10.0. The zero-order valence-corrected chi connectivity index (χ0v) is 13.3. The molecule has 1 saturated carbocycles. The Labute approximate surface area is 127 Å². The number of likely N-dealkylation sites (tertiary alicyclic amines) is 1. The highest BCUT2D eigenvalue weighted by atomic mass is 16.4. The Kier molecular flexibility index (Phi) is 5.62. The van der Waals surface area contributed by atoms with E-state index in [4.69, 9.17) is 5.11 Å². The number of hydrogen-bond acceptors (Lipinski definition) is 3. The van der Waals surface area contributed by atoms with Gasteiger partial charge in [-0.3, -0.25) is 9.59 Å². The summed E-state index contributed by atoms with van der Waals surface area (Å²) >= 11 is 0. The molecule has 0 aromatic heterocycles. The molecule has 21 heavy (non-hydrogen) atoms. The Morgan fingerprint density at radius 3 is 2.05 bits per heavy atom. The van der Waals surface area contributed by atoms with Crippen LogP contribution in [0.25, 0.3) is 0 Å². The summed E-state index contributed by atoms with van der Waals surface area (Å²) in [5.74, 6) is -0.683. The molecule has 0 spiro atoms. The predicted molar refractivity (Wildman–Crippen MR) is 81.0 cm³/mol. The Morgan fingerprint density at radius 1 is 1.05 bits per heavy atom. The van der Waals surface area contributed by atoms with Gasteiger partial charge in [0.25, 0.3) is 0 Å². The first-order valence-electron chi connectivity index (χ1n) is 8.24. The topological polar surface area (TPSA) is 60.9 Å². The number of carboxylic acids is 1. The molecule has 0 aromatic rings. The zero-order chi connectivity index (χ0) is 15.4. The summed E-state index contributed by atoms with van der Waals surface area (Å²) in [6, 6.07) is 0.359. The lowest BCUT2D eigenvalue weighted by molar-refractivity contribution is -0.146. The van der Waals surface area contributed by atoms with Crippen molar-refractivity contribution in [3.05, 3.63) is 0 Å². The molecule has 1 heterocycles. The lowest BCUT2D eigenvalue weighted by atomic mass is 9.81. The van der Waals surface area contributed by atoms with E-state index in [0.29, 0.717) is 18.9 Å². The lowest BCUT2D eigenvalue weighted by Gasteiger charge is -2.38. The molecule has 0 radical (unpaired) electrons. The van der Waals surface area contributed by atoms with Gasteiger partial charge in [-0.2, -0.15) is 0 Å². The van der Waals surface area contributed by atoms with Gasteiger partial charge in [0.15, 0.2) is 0 Å². The van der Waals surface area contributed by atoms with E-state index in [-0.39, 0.29) is 17.7 Å². The average Bonchev–Trinajstić information content (AvgIpc) is 2.53. The third-order valence-corrected chi connectivity index (χ3v) is 5.33. The van der Waals surface area contributed by atoms with Crippen molar-refractivity contribution in [2.45, 2.75) is 51.5 Å². The molecule has 0 atom stereocenters. The van der Waals surface area contributed by atoms with Gasteiger partial charge in [-0.25, -0.2) is 0 Å². The Hall–Kier alpha value is -1.10. The maximum atomic E-state index is 12.6. The molecule has 2 fully saturated rings. The highest BCUT2D eigenvalue weighted by Crippen LogP contribution is 2.31. The van der Waals surface area contributed by atoms with Crippen LogP contribution in [0, 0.1) is 11.8 Å². The molecule has 2 rings (SSSR count). The summed E-state index contributed by atoms with van der Waals surface area (Å²) in [6.45, 7) is 5.41. The molecule has 0 aromatic carbocycles. The molecule has 2 aliphatic rings. The minimum Gasteiger partial charge on any atom is -0.481 e. The summed E-state index contributed by atoms with van der Waals surface area (Å²) in [7, 11) is 1.93. The van der Waals surface area contributed by atoms with Crippen LogP contribution in [0.1, 0.15) is 45.4 Å².